The first kappa shape index (κ1) is 16.6. The van der Waals surface area contributed by atoms with E-state index in [1.807, 2.05) is 0 Å². The van der Waals surface area contributed by atoms with Crippen molar-refractivity contribution >= 4 is 27.2 Å². The standard InChI is InChI=1S/C24H24N2/c1-24(2,26-22-13-7-11-18-9-5-6-12-21(18)22)23(25)20-15-14-17-8-3-4-10-19(17)16-20/h3-16,23,26H,25H2,1-2H3. The van der Waals surface area contributed by atoms with Crippen molar-refractivity contribution in [2.24, 2.45) is 5.73 Å². The van der Waals surface area contributed by atoms with Crippen molar-refractivity contribution in [3.05, 3.63) is 90.5 Å². The summed E-state index contributed by atoms with van der Waals surface area (Å²) in [7, 11) is 0. The fourth-order valence-electron chi connectivity index (χ4n) is 3.58. The normalized spacial score (nSPS) is 13.0. The summed E-state index contributed by atoms with van der Waals surface area (Å²) in [5.41, 5.74) is 8.65. The fourth-order valence-corrected chi connectivity index (χ4v) is 3.58. The monoisotopic (exact) mass is 340 g/mol. The molecule has 1 unspecified atom stereocenters. The quantitative estimate of drug-likeness (QED) is 0.486. The highest BCUT2D eigenvalue weighted by atomic mass is 15.0. The third-order valence-electron chi connectivity index (χ3n) is 5.16. The van der Waals surface area contributed by atoms with E-state index < -0.39 is 0 Å². The van der Waals surface area contributed by atoms with Gasteiger partial charge in [-0.25, -0.2) is 0 Å². The van der Waals surface area contributed by atoms with E-state index >= 15 is 0 Å². The molecule has 0 heterocycles. The molecule has 0 fully saturated rings. The van der Waals surface area contributed by atoms with Gasteiger partial charge >= 0.3 is 0 Å². The van der Waals surface area contributed by atoms with Gasteiger partial charge in [0.05, 0.1) is 11.6 Å². The van der Waals surface area contributed by atoms with E-state index in [1.54, 1.807) is 0 Å². The molecule has 0 saturated carbocycles. The van der Waals surface area contributed by atoms with Gasteiger partial charge in [-0.2, -0.15) is 0 Å². The second kappa shape index (κ2) is 6.47. The Labute approximate surface area is 154 Å². The number of benzene rings is 4. The lowest BCUT2D eigenvalue weighted by atomic mass is 9.87. The van der Waals surface area contributed by atoms with Crippen molar-refractivity contribution in [2.45, 2.75) is 25.4 Å². The number of hydrogen-bond donors (Lipinski definition) is 2. The van der Waals surface area contributed by atoms with E-state index in [0.717, 1.165) is 11.3 Å². The summed E-state index contributed by atoms with van der Waals surface area (Å²) in [6.07, 6.45) is 0. The van der Waals surface area contributed by atoms with Gasteiger partial charge in [-0.05, 0) is 47.7 Å². The van der Waals surface area contributed by atoms with Crippen molar-refractivity contribution in [3.8, 4) is 0 Å². The Balaban J connectivity index is 1.68. The third kappa shape index (κ3) is 3.04. The van der Waals surface area contributed by atoms with Gasteiger partial charge < -0.3 is 11.1 Å². The average Bonchev–Trinajstić information content (AvgIpc) is 2.67. The summed E-state index contributed by atoms with van der Waals surface area (Å²) in [6, 6.07) is 29.5. The van der Waals surface area contributed by atoms with Gasteiger partial charge in [0.1, 0.15) is 0 Å². The Morgan fingerprint density at radius 2 is 1.38 bits per heavy atom. The maximum Gasteiger partial charge on any atom is 0.0523 e. The van der Waals surface area contributed by atoms with Crippen LogP contribution in [0.25, 0.3) is 21.5 Å². The summed E-state index contributed by atoms with van der Waals surface area (Å²) >= 11 is 0. The van der Waals surface area contributed by atoms with E-state index in [-0.39, 0.29) is 11.6 Å². The molecule has 4 rings (SSSR count). The maximum absolute atomic E-state index is 6.69. The molecule has 1 atom stereocenters. The van der Waals surface area contributed by atoms with E-state index in [1.165, 1.54) is 21.5 Å². The lowest BCUT2D eigenvalue weighted by Crippen LogP contribution is -2.42. The van der Waals surface area contributed by atoms with Crippen LogP contribution < -0.4 is 11.1 Å². The van der Waals surface area contributed by atoms with Crippen molar-refractivity contribution in [2.75, 3.05) is 5.32 Å². The van der Waals surface area contributed by atoms with Crippen LogP contribution in [0.4, 0.5) is 5.69 Å². The number of nitrogens with two attached hydrogens (primary N) is 1. The minimum absolute atomic E-state index is 0.133. The first-order valence-electron chi connectivity index (χ1n) is 9.05. The molecule has 26 heavy (non-hydrogen) atoms. The molecule has 130 valence electrons. The molecular weight excluding hydrogens is 316 g/mol. The Hall–Kier alpha value is -2.84. The van der Waals surface area contributed by atoms with E-state index in [0.29, 0.717) is 0 Å². The van der Waals surface area contributed by atoms with Crippen LogP contribution in [0.15, 0.2) is 84.9 Å². The third-order valence-corrected chi connectivity index (χ3v) is 5.16. The Kier molecular flexibility index (Phi) is 4.14. The zero-order chi connectivity index (χ0) is 18.1. The lowest BCUT2D eigenvalue weighted by Gasteiger charge is -2.34. The van der Waals surface area contributed by atoms with Gasteiger partial charge in [0.15, 0.2) is 0 Å². The molecule has 2 nitrogen and oxygen atoms in total. The van der Waals surface area contributed by atoms with Crippen molar-refractivity contribution in [3.63, 3.8) is 0 Å². The minimum Gasteiger partial charge on any atom is -0.378 e. The van der Waals surface area contributed by atoms with E-state index in [2.05, 4.69) is 104 Å². The van der Waals surface area contributed by atoms with Crippen LogP contribution in [0.5, 0.6) is 0 Å². The number of rotatable bonds is 4. The van der Waals surface area contributed by atoms with Gasteiger partial charge in [0.25, 0.3) is 0 Å². The second-order valence-corrected chi connectivity index (χ2v) is 7.46. The molecular formula is C24H24N2. The number of anilines is 1. The SMILES string of the molecule is CC(C)(Nc1cccc2ccccc12)C(N)c1ccc2ccccc2c1. The smallest absolute Gasteiger partial charge is 0.0523 e. The first-order valence-corrected chi connectivity index (χ1v) is 9.05. The molecule has 4 aromatic rings. The van der Waals surface area contributed by atoms with Gasteiger partial charge in [-0.1, -0.05) is 72.8 Å². The summed E-state index contributed by atoms with van der Waals surface area (Å²) in [5, 5.41) is 8.59. The van der Waals surface area contributed by atoms with Crippen molar-refractivity contribution in [1.29, 1.82) is 0 Å². The molecule has 0 bridgehead atoms. The van der Waals surface area contributed by atoms with Crippen LogP contribution in [-0.4, -0.2) is 5.54 Å². The van der Waals surface area contributed by atoms with E-state index in [9.17, 15) is 0 Å². The topological polar surface area (TPSA) is 38.0 Å². The summed E-state index contributed by atoms with van der Waals surface area (Å²) < 4.78 is 0. The largest absolute Gasteiger partial charge is 0.378 e. The van der Waals surface area contributed by atoms with Crippen molar-refractivity contribution < 1.29 is 0 Å². The molecule has 4 aromatic carbocycles. The minimum atomic E-state index is -0.299. The molecule has 0 saturated heterocycles. The second-order valence-electron chi connectivity index (χ2n) is 7.46. The molecule has 3 N–H and O–H groups in total. The summed E-state index contributed by atoms with van der Waals surface area (Å²) in [4.78, 5) is 0. The highest BCUT2D eigenvalue weighted by Crippen LogP contribution is 2.32. The molecule has 2 heteroatoms. The van der Waals surface area contributed by atoms with Gasteiger partial charge in [0.2, 0.25) is 0 Å². The predicted octanol–water partition coefficient (Wildman–Crippen LogP) is 5.88. The Morgan fingerprint density at radius 1 is 0.731 bits per heavy atom. The maximum atomic E-state index is 6.69. The van der Waals surface area contributed by atoms with Crippen LogP contribution in [0.2, 0.25) is 0 Å². The predicted molar refractivity (Wildman–Crippen MR) is 113 cm³/mol. The zero-order valence-electron chi connectivity index (χ0n) is 15.2. The Bertz CT molecular complexity index is 1060. The van der Waals surface area contributed by atoms with Crippen LogP contribution in [0.3, 0.4) is 0 Å². The Morgan fingerprint density at radius 3 is 2.19 bits per heavy atom. The average molecular weight is 340 g/mol. The number of fused-ring (bicyclic) bond motifs is 2. The number of hydrogen-bond acceptors (Lipinski definition) is 2. The summed E-state index contributed by atoms with van der Waals surface area (Å²) in [6.45, 7) is 4.32. The van der Waals surface area contributed by atoms with Gasteiger partial charge in [0, 0.05) is 11.1 Å². The van der Waals surface area contributed by atoms with Crippen LogP contribution in [0.1, 0.15) is 25.5 Å². The molecule has 0 aliphatic heterocycles. The van der Waals surface area contributed by atoms with Crippen molar-refractivity contribution in [1.82, 2.24) is 0 Å². The zero-order valence-corrected chi connectivity index (χ0v) is 15.2. The molecule has 0 amide bonds. The summed E-state index contributed by atoms with van der Waals surface area (Å²) in [5.74, 6) is 0. The lowest BCUT2D eigenvalue weighted by molar-refractivity contribution is 0.458. The van der Waals surface area contributed by atoms with Crippen LogP contribution >= 0.6 is 0 Å². The number of nitrogens with one attached hydrogen (secondary N) is 1. The highest BCUT2D eigenvalue weighted by Gasteiger charge is 2.28. The molecule has 0 spiro atoms. The van der Waals surface area contributed by atoms with Crippen LogP contribution in [-0.2, 0) is 0 Å². The van der Waals surface area contributed by atoms with Crippen LogP contribution in [0, 0.1) is 0 Å². The molecule has 0 radical (unpaired) electrons. The molecule has 0 aliphatic carbocycles. The molecule has 0 aliphatic rings. The van der Waals surface area contributed by atoms with Gasteiger partial charge in [-0.15, -0.1) is 0 Å². The van der Waals surface area contributed by atoms with E-state index in [4.69, 9.17) is 5.73 Å². The first-order chi connectivity index (χ1) is 12.5. The highest BCUT2D eigenvalue weighted by molar-refractivity contribution is 5.94. The van der Waals surface area contributed by atoms with Gasteiger partial charge in [-0.3, -0.25) is 0 Å². The molecule has 0 aromatic heterocycles. The fraction of sp³-hybridized carbons (Fsp3) is 0.167.